The number of ether oxygens (including phenoxy) is 5. The van der Waals surface area contributed by atoms with Gasteiger partial charge in [-0.15, -0.1) is 0 Å². The van der Waals surface area contributed by atoms with Crippen LogP contribution >= 0.6 is 0 Å². The maximum atomic E-state index is 15.2. The molecule has 3 amide bonds. The molecule has 1 aliphatic heterocycles. The van der Waals surface area contributed by atoms with Gasteiger partial charge in [-0.05, 0) is 48.0 Å². The van der Waals surface area contributed by atoms with Gasteiger partial charge >= 0.3 is 0 Å². The normalized spacial score (nSPS) is 12.6. The third-order valence-electron chi connectivity index (χ3n) is 8.02. The molecular formula is C36H34FN3O9. The van der Waals surface area contributed by atoms with Crippen LogP contribution in [0.1, 0.15) is 27.5 Å². The SMILES string of the molecule is COc1ccc(NC(=O)C(c2cc(OC)c(OC)c(OC)c2)N(Cc2ccccc2F)C(=O)CN2C(=O)C(=O)c3ccccc32)c(OC)c1. The van der Waals surface area contributed by atoms with E-state index in [1.165, 1.54) is 71.9 Å². The van der Waals surface area contributed by atoms with Crippen molar-refractivity contribution in [1.82, 2.24) is 4.90 Å². The highest BCUT2D eigenvalue weighted by Gasteiger charge is 2.40. The Morgan fingerprint density at radius 2 is 1.45 bits per heavy atom. The molecule has 4 aromatic rings. The summed E-state index contributed by atoms with van der Waals surface area (Å²) in [6, 6.07) is 18.3. The monoisotopic (exact) mass is 671 g/mol. The lowest BCUT2D eigenvalue weighted by Gasteiger charge is -2.33. The first kappa shape index (κ1) is 34.2. The number of hydrogen-bond donors (Lipinski definition) is 1. The third kappa shape index (κ3) is 6.82. The standard InChI is InChI=1S/C36H34FN3O9/c1-45-23-14-15-26(28(18-23)46-2)38-35(43)32(22-16-29(47-3)34(49-5)30(17-22)48-4)40(19-21-10-6-8-12-25(21)37)31(41)20-39-27-13-9-7-11-24(27)33(42)36(39)44/h6-18,32H,19-20H2,1-5H3,(H,38,43). The summed E-state index contributed by atoms with van der Waals surface area (Å²) in [5.74, 6) is -2.46. The van der Waals surface area contributed by atoms with Crippen LogP contribution < -0.4 is 33.9 Å². The fourth-order valence-electron chi connectivity index (χ4n) is 5.60. The second-order valence-corrected chi connectivity index (χ2v) is 10.8. The molecule has 1 aliphatic rings. The molecule has 1 N–H and O–H groups in total. The van der Waals surface area contributed by atoms with E-state index in [1.54, 1.807) is 42.5 Å². The molecule has 1 unspecified atom stereocenters. The molecule has 0 aliphatic carbocycles. The summed E-state index contributed by atoms with van der Waals surface area (Å²) >= 11 is 0. The Bertz CT molecular complexity index is 1890. The van der Waals surface area contributed by atoms with Crippen LogP contribution in [0.25, 0.3) is 0 Å². The van der Waals surface area contributed by atoms with Crippen LogP contribution in [0.5, 0.6) is 28.7 Å². The molecule has 1 heterocycles. The molecule has 1 atom stereocenters. The average molecular weight is 672 g/mol. The summed E-state index contributed by atoms with van der Waals surface area (Å²) in [5, 5.41) is 2.82. The van der Waals surface area contributed by atoms with E-state index in [0.717, 1.165) is 9.80 Å². The number of amides is 3. The molecule has 12 nitrogen and oxygen atoms in total. The van der Waals surface area contributed by atoms with Gasteiger partial charge < -0.3 is 33.9 Å². The number of halogens is 1. The number of nitrogens with one attached hydrogen (secondary N) is 1. The molecule has 0 radical (unpaired) electrons. The van der Waals surface area contributed by atoms with Crippen molar-refractivity contribution in [1.29, 1.82) is 0 Å². The first-order valence-corrected chi connectivity index (χ1v) is 15.0. The molecule has 254 valence electrons. The van der Waals surface area contributed by atoms with E-state index in [9.17, 15) is 19.2 Å². The molecular weight excluding hydrogens is 637 g/mol. The third-order valence-corrected chi connectivity index (χ3v) is 8.02. The quantitative estimate of drug-likeness (QED) is 0.199. The number of carbonyl (C=O) groups is 4. The van der Waals surface area contributed by atoms with Crippen LogP contribution in [0.15, 0.2) is 78.9 Å². The van der Waals surface area contributed by atoms with Gasteiger partial charge in [-0.25, -0.2) is 4.39 Å². The molecule has 4 aromatic carbocycles. The van der Waals surface area contributed by atoms with Crippen molar-refractivity contribution >= 4 is 34.9 Å². The summed E-state index contributed by atoms with van der Waals surface area (Å²) in [4.78, 5) is 57.1. The van der Waals surface area contributed by atoms with Gasteiger partial charge in [-0.1, -0.05) is 30.3 Å². The van der Waals surface area contributed by atoms with Crippen LogP contribution in [0.4, 0.5) is 15.8 Å². The van der Waals surface area contributed by atoms with Crippen LogP contribution in [-0.4, -0.2) is 70.5 Å². The number of hydrogen-bond acceptors (Lipinski definition) is 9. The number of anilines is 2. The second kappa shape index (κ2) is 14.8. The van der Waals surface area contributed by atoms with E-state index in [0.29, 0.717) is 5.75 Å². The topological polar surface area (TPSA) is 133 Å². The van der Waals surface area contributed by atoms with Crippen LogP contribution in [-0.2, 0) is 20.9 Å². The highest BCUT2D eigenvalue weighted by atomic mass is 19.1. The lowest BCUT2D eigenvalue weighted by molar-refractivity contribution is -0.139. The number of fused-ring (bicyclic) bond motifs is 1. The van der Waals surface area contributed by atoms with E-state index >= 15 is 4.39 Å². The van der Waals surface area contributed by atoms with E-state index in [-0.39, 0.29) is 51.1 Å². The Morgan fingerprint density at radius 3 is 2.08 bits per heavy atom. The van der Waals surface area contributed by atoms with E-state index < -0.39 is 48.5 Å². The van der Waals surface area contributed by atoms with Gasteiger partial charge in [0.15, 0.2) is 11.5 Å². The maximum absolute atomic E-state index is 15.2. The minimum Gasteiger partial charge on any atom is -0.497 e. The van der Waals surface area contributed by atoms with Gasteiger partial charge in [0.25, 0.3) is 17.6 Å². The van der Waals surface area contributed by atoms with Crippen molar-refractivity contribution in [2.24, 2.45) is 0 Å². The van der Waals surface area contributed by atoms with Gasteiger partial charge in [0.1, 0.15) is 29.9 Å². The lowest BCUT2D eigenvalue weighted by Crippen LogP contribution is -2.46. The molecule has 0 spiro atoms. The Hall–Kier alpha value is -6.11. The number of carbonyl (C=O) groups excluding carboxylic acids is 4. The van der Waals surface area contributed by atoms with E-state index in [4.69, 9.17) is 23.7 Å². The summed E-state index contributed by atoms with van der Waals surface area (Å²) < 4.78 is 42.6. The number of para-hydroxylation sites is 1. The number of benzene rings is 4. The Balaban J connectivity index is 1.67. The summed E-state index contributed by atoms with van der Waals surface area (Å²) in [5.41, 5.74) is 0.930. The van der Waals surface area contributed by atoms with E-state index in [1.807, 2.05) is 0 Å². The molecule has 5 rings (SSSR count). The highest BCUT2D eigenvalue weighted by molar-refractivity contribution is 6.52. The minimum absolute atomic E-state index is 0.0901. The lowest BCUT2D eigenvalue weighted by atomic mass is 10.0. The first-order chi connectivity index (χ1) is 23.6. The van der Waals surface area contributed by atoms with Gasteiger partial charge in [0.05, 0.1) is 52.5 Å². The van der Waals surface area contributed by atoms with Crippen molar-refractivity contribution in [3.05, 3.63) is 101 Å². The highest BCUT2D eigenvalue weighted by Crippen LogP contribution is 2.42. The Labute approximate surface area is 281 Å². The summed E-state index contributed by atoms with van der Waals surface area (Å²) in [6.45, 7) is -1.03. The molecule has 0 aromatic heterocycles. The molecule has 0 saturated carbocycles. The largest absolute Gasteiger partial charge is 0.497 e. The Kier molecular flexibility index (Phi) is 10.3. The van der Waals surface area contributed by atoms with Gasteiger partial charge in [0.2, 0.25) is 11.7 Å². The van der Waals surface area contributed by atoms with Crippen molar-refractivity contribution in [2.45, 2.75) is 12.6 Å². The second-order valence-electron chi connectivity index (χ2n) is 10.8. The van der Waals surface area contributed by atoms with Crippen molar-refractivity contribution in [3.63, 3.8) is 0 Å². The zero-order valence-electron chi connectivity index (χ0n) is 27.4. The summed E-state index contributed by atoms with van der Waals surface area (Å²) in [7, 11) is 7.11. The van der Waals surface area contributed by atoms with E-state index in [2.05, 4.69) is 5.32 Å². The average Bonchev–Trinajstić information content (AvgIpc) is 3.36. The van der Waals surface area contributed by atoms with Gasteiger partial charge in [-0.2, -0.15) is 0 Å². The molecule has 13 heteroatoms. The predicted molar refractivity (Wildman–Crippen MR) is 177 cm³/mol. The fourth-order valence-corrected chi connectivity index (χ4v) is 5.60. The number of methoxy groups -OCH3 is 5. The zero-order valence-corrected chi connectivity index (χ0v) is 27.4. The fraction of sp³-hybridized carbons (Fsp3) is 0.222. The zero-order chi connectivity index (χ0) is 35.2. The number of nitrogens with zero attached hydrogens (tertiary/aromatic N) is 2. The van der Waals surface area contributed by atoms with Gasteiger partial charge in [-0.3, -0.25) is 24.1 Å². The first-order valence-electron chi connectivity index (χ1n) is 15.0. The summed E-state index contributed by atoms with van der Waals surface area (Å²) in [6.07, 6.45) is 0. The van der Waals surface area contributed by atoms with Crippen LogP contribution in [0, 0.1) is 5.82 Å². The number of ketones is 1. The van der Waals surface area contributed by atoms with Crippen LogP contribution in [0.3, 0.4) is 0 Å². The van der Waals surface area contributed by atoms with Crippen molar-refractivity contribution in [3.8, 4) is 28.7 Å². The molecule has 0 saturated heterocycles. The smallest absolute Gasteiger partial charge is 0.299 e. The molecule has 0 bridgehead atoms. The van der Waals surface area contributed by atoms with Crippen LogP contribution in [0.2, 0.25) is 0 Å². The molecule has 49 heavy (non-hydrogen) atoms. The minimum atomic E-state index is -1.49. The molecule has 0 fully saturated rings. The number of Topliss-reactive ketones (excluding diaryl/α,β-unsaturated/α-hetero) is 1. The number of rotatable bonds is 13. The van der Waals surface area contributed by atoms with Crippen molar-refractivity contribution < 1.29 is 47.3 Å². The maximum Gasteiger partial charge on any atom is 0.299 e. The van der Waals surface area contributed by atoms with Crippen molar-refractivity contribution in [2.75, 3.05) is 52.3 Å². The van der Waals surface area contributed by atoms with Gasteiger partial charge in [0, 0.05) is 18.2 Å². The predicted octanol–water partition coefficient (Wildman–Crippen LogP) is 4.81. The Morgan fingerprint density at radius 1 is 0.796 bits per heavy atom.